The maximum absolute atomic E-state index is 8.31. The van der Waals surface area contributed by atoms with Crippen molar-refractivity contribution in [2.75, 3.05) is 0 Å². The van der Waals surface area contributed by atoms with Crippen molar-refractivity contribution in [3.8, 4) is 0 Å². The summed E-state index contributed by atoms with van der Waals surface area (Å²) in [6.45, 7) is 6.73. The van der Waals surface area contributed by atoms with Crippen molar-refractivity contribution >= 4 is 13.4 Å². The summed E-state index contributed by atoms with van der Waals surface area (Å²) in [5.41, 5.74) is 0. The van der Waals surface area contributed by atoms with Crippen molar-refractivity contribution in [1.82, 2.24) is 4.98 Å². The van der Waals surface area contributed by atoms with Gasteiger partial charge in [-0.25, -0.2) is 0 Å². The molecule has 15 heavy (non-hydrogen) atoms. The number of hydrogen-bond donors (Lipinski definition) is 0. The van der Waals surface area contributed by atoms with Gasteiger partial charge >= 0.3 is 0 Å². The Hall–Kier alpha value is -0.633. The maximum atomic E-state index is 8.31. The lowest BCUT2D eigenvalue weighted by Gasteiger charge is -2.21. The fourth-order valence-electron chi connectivity index (χ4n) is 1.71. The fraction of sp³-hybridized carbons (Fsp3) is 0.615. The van der Waals surface area contributed by atoms with Crippen molar-refractivity contribution in [2.24, 2.45) is 0 Å². The normalized spacial score (nSPS) is 14.7. The molecule has 0 saturated heterocycles. The van der Waals surface area contributed by atoms with Crippen LogP contribution < -0.4 is 5.32 Å². The summed E-state index contributed by atoms with van der Waals surface area (Å²) < 4.78 is 8.31. The van der Waals surface area contributed by atoms with E-state index in [-0.39, 0.29) is 6.02 Å². The number of aromatic nitrogens is 1. The predicted octanol–water partition coefficient (Wildman–Crippen LogP) is 3.58. The van der Waals surface area contributed by atoms with Crippen molar-refractivity contribution in [2.45, 2.75) is 51.7 Å². The zero-order chi connectivity index (χ0) is 12.0. The monoisotopic (exact) mass is 222 g/mol. The molecule has 1 aromatic rings. The zero-order valence-corrected chi connectivity index (χ0v) is 11.2. The molecule has 0 aliphatic rings. The van der Waals surface area contributed by atoms with Gasteiger partial charge in [0.15, 0.2) is 0 Å². The number of hydrogen-bond acceptors (Lipinski definition) is 1. The van der Waals surface area contributed by atoms with E-state index in [1.165, 1.54) is 24.6 Å². The third-order valence-corrected chi connectivity index (χ3v) is 5.71. The summed E-state index contributed by atoms with van der Waals surface area (Å²) in [6.07, 6.45) is 6.56. The number of rotatable bonds is 6. The first kappa shape index (κ1) is 10.9. The molecule has 0 aliphatic carbocycles. The topological polar surface area (TPSA) is 12.9 Å². The molecular formula is C13H23NSi. The van der Waals surface area contributed by atoms with E-state index < -0.39 is 8.07 Å². The quantitative estimate of drug-likeness (QED) is 0.529. The molecular weight excluding hydrogens is 198 g/mol. The highest BCUT2D eigenvalue weighted by molar-refractivity contribution is 6.89. The van der Waals surface area contributed by atoms with Crippen molar-refractivity contribution in [3.63, 3.8) is 0 Å². The maximum Gasteiger partial charge on any atom is 0.104 e. The summed E-state index contributed by atoms with van der Waals surface area (Å²) in [4.78, 5) is 4.44. The summed E-state index contributed by atoms with van der Waals surface area (Å²) in [6, 6.07) is 6.15. The molecule has 0 fully saturated rings. The fourth-order valence-corrected chi connectivity index (χ4v) is 3.77. The third kappa shape index (κ3) is 4.16. The Morgan fingerprint density at radius 1 is 1.27 bits per heavy atom. The molecule has 1 nitrogen and oxygen atoms in total. The summed E-state index contributed by atoms with van der Waals surface area (Å²) in [7, 11) is -1.68. The molecule has 0 spiro atoms. The minimum absolute atomic E-state index is 0.0777. The van der Waals surface area contributed by atoms with Crippen LogP contribution >= 0.6 is 0 Å². The molecule has 0 bridgehead atoms. The molecule has 0 saturated carbocycles. The number of unbranched alkanes of at least 4 members (excludes halogenated alkanes) is 2. The average Bonchev–Trinajstić information content (AvgIpc) is 2.30. The average molecular weight is 222 g/mol. The van der Waals surface area contributed by atoms with E-state index in [1.807, 2.05) is 18.3 Å². The summed E-state index contributed by atoms with van der Waals surface area (Å²) in [5, 5.41) is 1.17. The highest BCUT2D eigenvalue weighted by atomic mass is 28.3. The van der Waals surface area contributed by atoms with Gasteiger partial charge in [0.05, 0.1) is 0 Å². The minimum Gasteiger partial charge on any atom is -0.266 e. The first-order valence-electron chi connectivity index (χ1n) is 6.50. The number of nitrogens with zero attached hydrogens (tertiary/aromatic N) is 1. The number of pyridine rings is 1. The first-order chi connectivity index (χ1) is 7.59. The van der Waals surface area contributed by atoms with E-state index in [0.29, 0.717) is 0 Å². The van der Waals surface area contributed by atoms with Crippen molar-refractivity contribution in [3.05, 3.63) is 24.4 Å². The van der Waals surface area contributed by atoms with E-state index >= 15 is 0 Å². The standard InChI is InChI=1S/C13H23NSi/c1-4-5-6-9-12-15(2,3)13-10-7-8-11-14-13/h7-8,10-11H,4-6,9,12H2,1-3H3/i12D. The Labute approximate surface area is 96.4 Å². The van der Waals surface area contributed by atoms with Gasteiger partial charge in [-0.3, -0.25) is 4.98 Å². The van der Waals surface area contributed by atoms with E-state index in [0.717, 1.165) is 6.42 Å². The Bertz CT molecular complexity index is 300. The van der Waals surface area contributed by atoms with Gasteiger partial charge in [-0.05, 0) is 12.1 Å². The Morgan fingerprint density at radius 2 is 2.07 bits per heavy atom. The van der Waals surface area contributed by atoms with Crippen LogP contribution in [-0.2, 0) is 0 Å². The van der Waals surface area contributed by atoms with Gasteiger partial charge in [0.2, 0.25) is 0 Å². The molecule has 1 aromatic heterocycles. The van der Waals surface area contributed by atoms with Crippen LogP contribution in [0.1, 0.15) is 34.0 Å². The predicted molar refractivity (Wildman–Crippen MR) is 70.3 cm³/mol. The Kier molecular flexibility index (Phi) is 4.39. The first-order valence-corrected chi connectivity index (χ1v) is 9.00. The van der Waals surface area contributed by atoms with Gasteiger partial charge in [0.1, 0.15) is 8.07 Å². The van der Waals surface area contributed by atoms with Crippen molar-refractivity contribution < 1.29 is 1.37 Å². The largest absolute Gasteiger partial charge is 0.266 e. The van der Waals surface area contributed by atoms with Gasteiger partial charge in [-0.1, -0.05) is 57.8 Å². The molecule has 0 radical (unpaired) electrons. The van der Waals surface area contributed by atoms with Gasteiger partial charge in [-0.2, -0.15) is 0 Å². The molecule has 0 amide bonds. The molecule has 1 unspecified atom stereocenters. The van der Waals surface area contributed by atoms with Crippen LogP contribution in [0.15, 0.2) is 24.4 Å². The Balaban J connectivity index is 2.62. The van der Waals surface area contributed by atoms with Crippen LogP contribution in [0, 0.1) is 0 Å². The summed E-state index contributed by atoms with van der Waals surface area (Å²) >= 11 is 0. The van der Waals surface area contributed by atoms with Crippen LogP contribution in [0.5, 0.6) is 0 Å². The SMILES string of the molecule is [2H]C(CCCCC)[Si](C)(C)c1ccccn1. The molecule has 1 heterocycles. The molecule has 1 rings (SSSR count). The second kappa shape index (κ2) is 6.06. The molecule has 0 N–H and O–H groups in total. The van der Waals surface area contributed by atoms with E-state index in [4.69, 9.17) is 1.37 Å². The van der Waals surface area contributed by atoms with E-state index in [9.17, 15) is 0 Å². The minimum atomic E-state index is -1.68. The molecule has 1 atom stereocenters. The molecule has 2 heteroatoms. The lowest BCUT2D eigenvalue weighted by atomic mass is 10.2. The van der Waals surface area contributed by atoms with Gasteiger partial charge in [-0.15, -0.1) is 0 Å². The van der Waals surface area contributed by atoms with Crippen LogP contribution in [-0.4, -0.2) is 13.1 Å². The lowest BCUT2D eigenvalue weighted by molar-refractivity contribution is 0.697. The highest BCUT2D eigenvalue weighted by Gasteiger charge is 2.23. The molecule has 0 aromatic carbocycles. The van der Waals surface area contributed by atoms with Crippen LogP contribution in [0.25, 0.3) is 0 Å². The van der Waals surface area contributed by atoms with E-state index in [2.05, 4.69) is 31.1 Å². The van der Waals surface area contributed by atoms with Crippen LogP contribution in [0.3, 0.4) is 0 Å². The van der Waals surface area contributed by atoms with Crippen LogP contribution in [0.4, 0.5) is 0 Å². The van der Waals surface area contributed by atoms with E-state index in [1.54, 1.807) is 0 Å². The van der Waals surface area contributed by atoms with Crippen LogP contribution in [0.2, 0.25) is 19.1 Å². The van der Waals surface area contributed by atoms with Gasteiger partial charge in [0, 0.05) is 12.9 Å². The second-order valence-corrected chi connectivity index (χ2v) is 9.00. The van der Waals surface area contributed by atoms with Gasteiger partial charge < -0.3 is 0 Å². The lowest BCUT2D eigenvalue weighted by Crippen LogP contribution is -2.42. The Morgan fingerprint density at radius 3 is 2.67 bits per heavy atom. The second-order valence-electron chi connectivity index (χ2n) is 4.64. The van der Waals surface area contributed by atoms with Gasteiger partial charge in [0.25, 0.3) is 0 Å². The third-order valence-electron chi connectivity index (χ3n) is 2.79. The summed E-state index contributed by atoms with van der Waals surface area (Å²) in [5.74, 6) is 0. The zero-order valence-electron chi connectivity index (χ0n) is 11.2. The smallest absolute Gasteiger partial charge is 0.104 e. The molecule has 84 valence electrons. The molecule has 0 aliphatic heterocycles. The van der Waals surface area contributed by atoms with Crippen molar-refractivity contribution in [1.29, 1.82) is 0 Å². The highest BCUT2D eigenvalue weighted by Crippen LogP contribution is 2.14.